The second kappa shape index (κ2) is 5.98. The molecule has 2 aliphatic rings. The molecule has 6 nitrogen and oxygen atoms in total. The topological polar surface area (TPSA) is 110 Å². The van der Waals surface area contributed by atoms with Crippen LogP contribution in [-0.2, 0) is 14.3 Å². The van der Waals surface area contributed by atoms with Crippen molar-refractivity contribution in [2.75, 3.05) is 5.75 Å². The number of carbonyl (C=O) groups excluding carboxylic acids is 1. The number of thioether (sulfide) groups is 1. The predicted octanol–water partition coefficient (Wildman–Crippen LogP) is 0.617. The van der Waals surface area contributed by atoms with Crippen LogP contribution in [-0.4, -0.2) is 46.2 Å². The number of aliphatic hydroxyl groups excluding tert-OH is 1. The van der Waals surface area contributed by atoms with Crippen LogP contribution < -0.4 is 5.73 Å². The Balaban J connectivity index is 1.76. The van der Waals surface area contributed by atoms with Crippen LogP contribution in [0.1, 0.15) is 0 Å². The largest absolute Gasteiger partial charge is 0.480 e. The number of aliphatic hydroxyl groups is 1. The molecule has 2 saturated carbocycles. The molecule has 0 amide bonds. The fraction of sp³-hybridized carbons (Fsp3) is 0.467. The van der Waals surface area contributed by atoms with E-state index < -0.39 is 53.1 Å². The Kier molecular flexibility index (Phi) is 4.27. The third-order valence-corrected chi connectivity index (χ3v) is 6.00. The molecule has 0 heterocycles. The summed E-state index contributed by atoms with van der Waals surface area (Å²) in [6.45, 7) is 0.211. The van der Waals surface area contributed by atoms with Crippen molar-refractivity contribution in [3.8, 4) is 0 Å². The van der Waals surface area contributed by atoms with E-state index in [1.807, 2.05) is 0 Å². The standard InChI is InChI=1S/C15H15F2NO5S/c16-8-2-1-6(3-9(8)17)24-4-7-12(20)10-11(13(10)23-5-19)15(7,18)14(21)22/h1-3,5,7,10-13,20H,4,18H2,(H,21,22)/t7-,10+,11+,12-,13+,15+/m1/s1. The number of fused-ring (bicyclic) bond motifs is 1. The van der Waals surface area contributed by atoms with Gasteiger partial charge in [0.05, 0.1) is 6.10 Å². The fourth-order valence-corrected chi connectivity index (χ4v) is 4.83. The van der Waals surface area contributed by atoms with E-state index in [9.17, 15) is 28.6 Å². The van der Waals surface area contributed by atoms with Gasteiger partial charge in [0.25, 0.3) is 6.47 Å². The van der Waals surface area contributed by atoms with E-state index in [1.54, 1.807) is 0 Å². The Morgan fingerprint density at radius 1 is 1.42 bits per heavy atom. The average molecular weight is 359 g/mol. The van der Waals surface area contributed by atoms with Gasteiger partial charge in [-0.2, -0.15) is 0 Å². The van der Waals surface area contributed by atoms with Crippen LogP contribution in [0.3, 0.4) is 0 Å². The monoisotopic (exact) mass is 359 g/mol. The van der Waals surface area contributed by atoms with E-state index in [-0.39, 0.29) is 12.2 Å². The van der Waals surface area contributed by atoms with Gasteiger partial charge in [0.2, 0.25) is 0 Å². The van der Waals surface area contributed by atoms with Gasteiger partial charge >= 0.3 is 5.97 Å². The molecule has 6 atom stereocenters. The second-order valence-electron chi connectivity index (χ2n) is 6.02. The van der Waals surface area contributed by atoms with Crippen molar-refractivity contribution in [2.45, 2.75) is 22.6 Å². The Labute approximate surface area is 140 Å². The van der Waals surface area contributed by atoms with E-state index >= 15 is 0 Å². The van der Waals surface area contributed by atoms with Gasteiger partial charge in [-0.25, -0.2) is 8.78 Å². The highest BCUT2D eigenvalue weighted by Gasteiger charge is 2.77. The molecular formula is C15H15F2NO5S. The van der Waals surface area contributed by atoms with E-state index in [0.29, 0.717) is 4.90 Å². The fourth-order valence-electron chi connectivity index (χ4n) is 3.63. The molecule has 0 bridgehead atoms. The lowest BCUT2D eigenvalue weighted by Crippen LogP contribution is -2.58. The SMILES string of the molecule is N[C@]1(C(=O)O)[C@@H]2[C@@H](OC=O)[C@@H]2[C@H](O)[C@H]1CSc1ccc(F)c(F)c1. The number of halogens is 2. The van der Waals surface area contributed by atoms with Crippen LogP contribution in [0.5, 0.6) is 0 Å². The molecule has 0 spiro atoms. The van der Waals surface area contributed by atoms with Crippen molar-refractivity contribution >= 4 is 24.2 Å². The Morgan fingerprint density at radius 3 is 2.71 bits per heavy atom. The van der Waals surface area contributed by atoms with Gasteiger partial charge < -0.3 is 20.7 Å². The summed E-state index contributed by atoms with van der Waals surface area (Å²) in [5.74, 6) is -5.16. The highest BCUT2D eigenvalue weighted by Crippen LogP contribution is 2.61. The zero-order valence-electron chi connectivity index (χ0n) is 12.3. The maximum absolute atomic E-state index is 13.2. The van der Waals surface area contributed by atoms with Gasteiger partial charge in [-0.1, -0.05) is 0 Å². The number of benzene rings is 1. The Morgan fingerprint density at radius 2 is 2.12 bits per heavy atom. The third kappa shape index (κ3) is 2.47. The predicted molar refractivity (Wildman–Crippen MR) is 79.1 cm³/mol. The van der Waals surface area contributed by atoms with Crippen LogP contribution in [0.4, 0.5) is 8.78 Å². The lowest BCUT2D eigenvalue weighted by Gasteiger charge is -2.32. The number of ether oxygens (including phenoxy) is 1. The zero-order valence-corrected chi connectivity index (χ0v) is 13.1. The van der Waals surface area contributed by atoms with Crippen molar-refractivity contribution in [3.63, 3.8) is 0 Å². The van der Waals surface area contributed by atoms with Gasteiger partial charge in [-0.15, -0.1) is 11.8 Å². The molecule has 2 aliphatic carbocycles. The molecule has 1 aromatic carbocycles. The summed E-state index contributed by atoms with van der Waals surface area (Å²) in [5, 5.41) is 19.9. The lowest BCUT2D eigenvalue weighted by atomic mass is 9.83. The summed E-state index contributed by atoms with van der Waals surface area (Å²) < 4.78 is 31.0. The number of nitrogens with two attached hydrogens (primary N) is 1. The first-order valence-corrected chi connectivity index (χ1v) is 8.18. The minimum atomic E-state index is -1.75. The van der Waals surface area contributed by atoms with E-state index in [0.717, 1.165) is 23.9 Å². The summed E-state index contributed by atoms with van der Waals surface area (Å²) in [5.41, 5.74) is 4.31. The molecule has 3 rings (SSSR count). The maximum atomic E-state index is 13.2. The van der Waals surface area contributed by atoms with Crippen LogP contribution in [0, 0.1) is 29.4 Å². The number of hydrogen-bond donors (Lipinski definition) is 3. The first kappa shape index (κ1) is 17.1. The number of aliphatic carboxylic acids is 1. The Hall–Kier alpha value is -1.71. The second-order valence-corrected chi connectivity index (χ2v) is 7.12. The molecule has 0 aliphatic heterocycles. The number of rotatable bonds is 6. The van der Waals surface area contributed by atoms with Crippen LogP contribution in [0.15, 0.2) is 23.1 Å². The molecule has 0 aromatic heterocycles. The maximum Gasteiger partial charge on any atom is 0.324 e. The smallest absolute Gasteiger partial charge is 0.324 e. The van der Waals surface area contributed by atoms with Gasteiger partial charge in [0, 0.05) is 28.4 Å². The third-order valence-electron chi connectivity index (χ3n) is 4.88. The summed E-state index contributed by atoms with van der Waals surface area (Å²) in [7, 11) is 0. The highest BCUT2D eigenvalue weighted by atomic mass is 32.2. The van der Waals surface area contributed by atoms with Crippen molar-refractivity contribution in [1.29, 1.82) is 0 Å². The molecule has 0 radical (unpaired) electrons. The first-order chi connectivity index (χ1) is 11.3. The molecule has 9 heteroatoms. The van der Waals surface area contributed by atoms with Crippen molar-refractivity contribution in [2.24, 2.45) is 23.5 Å². The van der Waals surface area contributed by atoms with Crippen LogP contribution >= 0.6 is 11.8 Å². The summed E-state index contributed by atoms with van der Waals surface area (Å²) in [4.78, 5) is 22.5. The average Bonchev–Trinajstić information content (AvgIpc) is 3.19. The number of hydrogen-bond acceptors (Lipinski definition) is 6. The van der Waals surface area contributed by atoms with Gasteiger partial charge in [-0.3, -0.25) is 9.59 Å². The van der Waals surface area contributed by atoms with Gasteiger partial charge in [-0.05, 0) is 18.2 Å². The normalized spacial score (nSPS) is 36.9. The molecule has 0 saturated heterocycles. The molecule has 1 aromatic rings. The minimum Gasteiger partial charge on any atom is -0.480 e. The van der Waals surface area contributed by atoms with Gasteiger partial charge in [0.15, 0.2) is 11.6 Å². The van der Waals surface area contributed by atoms with E-state index in [1.165, 1.54) is 6.07 Å². The number of carboxylic acid groups (broad SMARTS) is 1. The van der Waals surface area contributed by atoms with Crippen LogP contribution in [0.25, 0.3) is 0 Å². The lowest BCUT2D eigenvalue weighted by molar-refractivity contribution is -0.149. The highest BCUT2D eigenvalue weighted by molar-refractivity contribution is 7.99. The molecule has 4 N–H and O–H groups in total. The van der Waals surface area contributed by atoms with Gasteiger partial charge in [0.1, 0.15) is 11.6 Å². The molecule has 2 fully saturated rings. The first-order valence-electron chi connectivity index (χ1n) is 7.19. The quantitative estimate of drug-likeness (QED) is 0.504. The van der Waals surface area contributed by atoms with Crippen molar-refractivity contribution in [1.82, 2.24) is 0 Å². The van der Waals surface area contributed by atoms with E-state index in [2.05, 4.69) is 0 Å². The molecular weight excluding hydrogens is 344 g/mol. The minimum absolute atomic E-state index is 0.107. The number of carbonyl (C=O) groups is 2. The zero-order chi connectivity index (χ0) is 17.6. The summed E-state index contributed by atoms with van der Waals surface area (Å²) in [6.07, 6.45) is -1.76. The van der Waals surface area contributed by atoms with Crippen molar-refractivity contribution in [3.05, 3.63) is 29.8 Å². The Bertz CT molecular complexity index is 690. The van der Waals surface area contributed by atoms with Crippen LogP contribution in [0.2, 0.25) is 0 Å². The number of carboxylic acids is 1. The molecule has 130 valence electrons. The summed E-state index contributed by atoms with van der Waals surface area (Å²) in [6, 6.07) is 3.34. The van der Waals surface area contributed by atoms with E-state index in [4.69, 9.17) is 10.5 Å². The molecule has 0 unspecified atom stereocenters. The van der Waals surface area contributed by atoms with Crippen molar-refractivity contribution < 1.29 is 33.3 Å². The molecule has 24 heavy (non-hydrogen) atoms. The summed E-state index contributed by atoms with van der Waals surface area (Å²) >= 11 is 1.08.